The van der Waals surface area contributed by atoms with E-state index in [1.807, 2.05) is 5.92 Å². The van der Waals surface area contributed by atoms with Gasteiger partial charge >= 0.3 is 0 Å². The summed E-state index contributed by atoms with van der Waals surface area (Å²) in [5.41, 5.74) is 2.84. The summed E-state index contributed by atoms with van der Waals surface area (Å²) < 4.78 is 0. The zero-order valence-corrected chi connectivity index (χ0v) is 13.7. The molecule has 4 aliphatic carbocycles. The molecular weight excluding hydrogens is 240 g/mol. The van der Waals surface area contributed by atoms with Crippen molar-refractivity contribution in [3.63, 3.8) is 0 Å². The molecule has 20 heavy (non-hydrogen) atoms. The minimum absolute atomic E-state index is 0.588. The molecule has 0 N–H and O–H groups in total. The van der Waals surface area contributed by atoms with Gasteiger partial charge in [0.1, 0.15) is 11.8 Å². The molecule has 0 saturated heterocycles. The Labute approximate surface area is 125 Å². The lowest BCUT2D eigenvalue weighted by molar-refractivity contribution is 0.109. The predicted molar refractivity (Wildman–Crippen MR) is 85.2 cm³/mol. The number of hydrogen-bond acceptors (Lipinski definition) is 0. The Balaban J connectivity index is 1.70. The summed E-state index contributed by atoms with van der Waals surface area (Å²) >= 11 is 0. The fourth-order valence-corrected chi connectivity index (χ4v) is 6.92. The molecule has 0 radical (unpaired) electrons. The average molecular weight is 271 g/mol. The van der Waals surface area contributed by atoms with Crippen LogP contribution in [0.3, 0.4) is 0 Å². The summed E-state index contributed by atoms with van der Waals surface area (Å²) in [6.45, 7) is 12.0. The topological polar surface area (TPSA) is 0 Å². The van der Waals surface area contributed by atoms with Crippen molar-refractivity contribution in [3.05, 3.63) is 18.1 Å². The Hall–Kier alpha value is -0.390. The molecule has 4 rings (SSSR count). The molecule has 0 aromatic rings. The summed E-state index contributed by atoms with van der Waals surface area (Å²) in [6, 6.07) is 0. The van der Waals surface area contributed by atoms with Gasteiger partial charge in [-0.1, -0.05) is 26.0 Å². The Bertz CT molecular complexity index is 431. The zero-order chi connectivity index (χ0) is 14.1. The van der Waals surface area contributed by atoms with Crippen LogP contribution in [-0.2, 0) is 0 Å². The Morgan fingerprint density at radius 2 is 1.90 bits per heavy atom. The van der Waals surface area contributed by atoms with Gasteiger partial charge < -0.3 is 0 Å². The van der Waals surface area contributed by atoms with Crippen LogP contribution in [0.5, 0.6) is 0 Å². The van der Waals surface area contributed by atoms with E-state index in [0.717, 1.165) is 23.7 Å². The fraction of sp³-hybridized carbons (Fsp3) is 0.850. The largest absolute Gasteiger partial charge is 0.106 e. The van der Waals surface area contributed by atoms with Crippen molar-refractivity contribution in [1.82, 2.24) is 0 Å². The second kappa shape index (κ2) is 4.08. The van der Waals surface area contributed by atoms with Gasteiger partial charge in [0.05, 0.1) is 12.8 Å². The molecular formula is C20H31+. The monoisotopic (exact) mass is 271 g/mol. The lowest BCUT2D eigenvalue weighted by atomic mass is 9.61. The van der Waals surface area contributed by atoms with Crippen LogP contribution in [0.15, 0.2) is 12.2 Å². The van der Waals surface area contributed by atoms with E-state index in [4.69, 9.17) is 0 Å². The third-order valence-corrected chi connectivity index (χ3v) is 8.03. The number of hydrogen-bond donors (Lipinski definition) is 0. The molecule has 0 heterocycles. The van der Waals surface area contributed by atoms with Crippen molar-refractivity contribution >= 4 is 0 Å². The van der Waals surface area contributed by atoms with Gasteiger partial charge in [-0.25, -0.2) is 0 Å². The maximum absolute atomic E-state index is 4.43. The van der Waals surface area contributed by atoms with Crippen LogP contribution < -0.4 is 0 Å². The van der Waals surface area contributed by atoms with E-state index in [1.165, 1.54) is 51.4 Å². The minimum atomic E-state index is 0.588. The normalized spacial score (nSPS) is 49.8. The molecule has 0 aliphatic heterocycles. The third-order valence-electron chi connectivity index (χ3n) is 8.03. The number of rotatable bonds is 0. The van der Waals surface area contributed by atoms with Gasteiger partial charge in [0, 0.05) is 11.3 Å². The van der Waals surface area contributed by atoms with E-state index in [0.29, 0.717) is 10.8 Å². The lowest BCUT2D eigenvalue weighted by Gasteiger charge is -2.37. The molecule has 0 unspecified atom stereocenters. The summed E-state index contributed by atoms with van der Waals surface area (Å²) in [5, 5.41) is 0. The standard InChI is InChI=1S/C20H31/c1-13-11-20-10-8-18-16(7-9-19(18,3)4)14(2)17(20)6-5-15(13)12-20/h15-18H,1,5-12H2,2-4H3/q+1/t15-,16+,17+,18+,20-/m1/s1. The SMILES string of the molecule is C=C1C[C@@]23CC[C@H]4[C@@H](CCC4(C)C)[C+](C)[C@@H]2CC[C@@H]1C3. The molecule has 110 valence electrons. The smallest absolute Gasteiger partial charge is 0.0996 e. The van der Waals surface area contributed by atoms with Gasteiger partial charge in [-0.2, -0.15) is 0 Å². The van der Waals surface area contributed by atoms with E-state index in [9.17, 15) is 0 Å². The van der Waals surface area contributed by atoms with Crippen LogP contribution in [0.1, 0.15) is 72.1 Å². The molecule has 0 heteroatoms. The summed E-state index contributed by atoms with van der Waals surface area (Å²) in [6.07, 6.45) is 11.7. The number of fused-ring (bicyclic) bond motifs is 2. The third kappa shape index (κ3) is 1.63. The second-order valence-corrected chi connectivity index (χ2v) is 9.25. The lowest BCUT2D eigenvalue weighted by Crippen LogP contribution is -2.35. The van der Waals surface area contributed by atoms with Crippen molar-refractivity contribution < 1.29 is 0 Å². The quantitative estimate of drug-likeness (QED) is 0.386. The highest BCUT2D eigenvalue weighted by Gasteiger charge is 2.62. The predicted octanol–water partition coefficient (Wildman–Crippen LogP) is 5.79. The Kier molecular flexibility index (Phi) is 2.71. The molecule has 0 amide bonds. The number of allylic oxidation sites excluding steroid dienone is 1. The van der Waals surface area contributed by atoms with E-state index >= 15 is 0 Å². The van der Waals surface area contributed by atoms with Crippen LogP contribution >= 0.6 is 0 Å². The van der Waals surface area contributed by atoms with Crippen LogP contribution in [-0.4, -0.2) is 0 Å². The fourth-order valence-electron chi connectivity index (χ4n) is 6.92. The molecule has 4 fully saturated rings. The van der Waals surface area contributed by atoms with Gasteiger partial charge in [0.15, 0.2) is 0 Å². The van der Waals surface area contributed by atoms with Gasteiger partial charge in [-0.3, -0.25) is 0 Å². The first-order valence-electron chi connectivity index (χ1n) is 8.94. The van der Waals surface area contributed by atoms with E-state index < -0.39 is 0 Å². The molecule has 0 nitrogen and oxygen atoms in total. The first-order chi connectivity index (χ1) is 9.43. The van der Waals surface area contributed by atoms with E-state index in [2.05, 4.69) is 27.4 Å². The molecule has 0 aromatic carbocycles. The maximum atomic E-state index is 4.43. The van der Waals surface area contributed by atoms with Gasteiger partial charge in [-0.15, -0.1) is 0 Å². The van der Waals surface area contributed by atoms with E-state index in [-0.39, 0.29) is 0 Å². The highest BCUT2D eigenvalue weighted by molar-refractivity contribution is 5.24. The second-order valence-electron chi connectivity index (χ2n) is 9.25. The minimum Gasteiger partial charge on any atom is -0.0996 e. The van der Waals surface area contributed by atoms with Gasteiger partial charge in [0.25, 0.3) is 0 Å². The van der Waals surface area contributed by atoms with Gasteiger partial charge in [-0.05, 0) is 62.7 Å². The van der Waals surface area contributed by atoms with Crippen molar-refractivity contribution in [2.24, 2.45) is 34.5 Å². The van der Waals surface area contributed by atoms with Crippen molar-refractivity contribution in [3.8, 4) is 0 Å². The molecule has 1 spiro atoms. The molecule has 4 aliphatic rings. The maximum Gasteiger partial charge on any atom is 0.106 e. The van der Waals surface area contributed by atoms with E-state index in [1.54, 1.807) is 5.57 Å². The Morgan fingerprint density at radius 1 is 1.10 bits per heavy atom. The first kappa shape index (κ1) is 13.3. The Morgan fingerprint density at radius 3 is 2.70 bits per heavy atom. The van der Waals surface area contributed by atoms with Crippen molar-refractivity contribution in [2.45, 2.75) is 72.1 Å². The zero-order valence-electron chi connectivity index (χ0n) is 13.7. The summed E-state index contributed by atoms with van der Waals surface area (Å²) in [7, 11) is 0. The van der Waals surface area contributed by atoms with Crippen LogP contribution in [0.2, 0.25) is 0 Å². The summed E-state index contributed by atoms with van der Waals surface area (Å²) in [4.78, 5) is 0. The highest BCUT2D eigenvalue weighted by atomic mass is 14.6. The van der Waals surface area contributed by atoms with Crippen molar-refractivity contribution in [2.75, 3.05) is 0 Å². The van der Waals surface area contributed by atoms with Crippen molar-refractivity contribution in [1.29, 1.82) is 0 Å². The van der Waals surface area contributed by atoms with Crippen LogP contribution in [0.25, 0.3) is 0 Å². The summed E-state index contributed by atoms with van der Waals surface area (Å²) in [5.74, 6) is 5.63. The van der Waals surface area contributed by atoms with Gasteiger partial charge in [0.2, 0.25) is 0 Å². The average Bonchev–Trinajstić information content (AvgIpc) is 2.77. The molecule has 4 saturated carbocycles. The van der Waals surface area contributed by atoms with Crippen LogP contribution in [0.4, 0.5) is 0 Å². The molecule has 2 bridgehead atoms. The molecule has 5 atom stereocenters. The molecule has 0 aromatic heterocycles. The first-order valence-corrected chi connectivity index (χ1v) is 8.94. The van der Waals surface area contributed by atoms with Crippen LogP contribution in [0, 0.1) is 40.4 Å². The highest BCUT2D eigenvalue weighted by Crippen LogP contribution is 2.67.